The summed E-state index contributed by atoms with van der Waals surface area (Å²) in [6.45, 7) is 2.81. The van der Waals surface area contributed by atoms with Gasteiger partial charge < -0.3 is 4.84 Å². The van der Waals surface area contributed by atoms with E-state index in [1.54, 1.807) is 10.4 Å². The summed E-state index contributed by atoms with van der Waals surface area (Å²) in [5.41, 5.74) is 3.06. The van der Waals surface area contributed by atoms with Crippen molar-refractivity contribution in [1.82, 2.24) is 0 Å². The zero-order chi connectivity index (χ0) is 9.97. The summed E-state index contributed by atoms with van der Waals surface area (Å²) < 4.78 is 0. The molecule has 0 aliphatic heterocycles. The van der Waals surface area contributed by atoms with Crippen LogP contribution < -0.4 is 5.90 Å². The highest BCUT2D eigenvalue weighted by molar-refractivity contribution is 7.10. The first kappa shape index (κ1) is 10.1. The van der Waals surface area contributed by atoms with E-state index < -0.39 is 0 Å². The number of fused-ring (bicyclic) bond motifs is 1. The van der Waals surface area contributed by atoms with Crippen molar-refractivity contribution in [2.24, 2.45) is 5.90 Å². The predicted molar refractivity (Wildman–Crippen MR) is 59.5 cm³/mol. The van der Waals surface area contributed by atoms with Crippen LogP contribution in [0.4, 0.5) is 0 Å². The zero-order valence-corrected chi connectivity index (χ0v) is 9.40. The molecular weight excluding hydrogens is 194 g/mol. The van der Waals surface area contributed by atoms with E-state index in [-0.39, 0.29) is 0 Å². The first-order valence-electron chi connectivity index (χ1n) is 5.23. The maximum absolute atomic E-state index is 5.11. The lowest BCUT2D eigenvalue weighted by Crippen LogP contribution is -2.10. The van der Waals surface area contributed by atoms with Crippen molar-refractivity contribution in [3.8, 4) is 0 Å². The van der Waals surface area contributed by atoms with Gasteiger partial charge in [0.25, 0.3) is 0 Å². The summed E-state index contributed by atoms with van der Waals surface area (Å²) >= 11 is 1.91. The molecule has 1 aliphatic rings. The summed E-state index contributed by atoms with van der Waals surface area (Å²) in [6.07, 6.45) is 5.22. The molecule has 0 amide bonds. The Kier molecular flexibility index (Phi) is 3.21. The van der Waals surface area contributed by atoms with Crippen LogP contribution in [0.3, 0.4) is 0 Å². The fourth-order valence-electron chi connectivity index (χ4n) is 2.17. The summed E-state index contributed by atoms with van der Waals surface area (Å²) in [5.74, 6) is 5.56. The van der Waals surface area contributed by atoms with Crippen LogP contribution in [0.1, 0.15) is 41.7 Å². The van der Waals surface area contributed by atoms with E-state index in [1.807, 2.05) is 11.3 Å². The van der Waals surface area contributed by atoms with E-state index in [0.29, 0.717) is 12.5 Å². The first-order chi connectivity index (χ1) is 6.83. The average molecular weight is 211 g/mol. The molecule has 78 valence electrons. The topological polar surface area (TPSA) is 35.2 Å². The number of aryl methyl sites for hydroxylation is 1. The Labute approximate surface area is 89.0 Å². The van der Waals surface area contributed by atoms with Crippen LogP contribution in [0.15, 0.2) is 5.38 Å². The number of hydrogen-bond acceptors (Lipinski definition) is 3. The molecule has 0 bridgehead atoms. The van der Waals surface area contributed by atoms with Crippen LogP contribution in [-0.2, 0) is 17.7 Å². The molecule has 0 saturated heterocycles. The summed E-state index contributed by atoms with van der Waals surface area (Å²) in [5, 5.41) is 2.29. The maximum Gasteiger partial charge on any atom is 0.0745 e. The molecule has 14 heavy (non-hydrogen) atoms. The molecule has 1 unspecified atom stereocenters. The maximum atomic E-state index is 5.11. The second kappa shape index (κ2) is 4.43. The fourth-order valence-corrected chi connectivity index (χ4v) is 3.43. The van der Waals surface area contributed by atoms with Gasteiger partial charge in [0, 0.05) is 10.8 Å². The van der Waals surface area contributed by atoms with Crippen molar-refractivity contribution in [3.63, 3.8) is 0 Å². The molecule has 1 atom stereocenters. The minimum absolute atomic E-state index is 0.443. The Hall–Kier alpha value is -0.380. The number of hydrogen-bond donors (Lipinski definition) is 1. The third-order valence-corrected chi connectivity index (χ3v) is 4.08. The number of nitrogens with two attached hydrogens (primary N) is 1. The fraction of sp³-hybridized carbons (Fsp3) is 0.636. The van der Waals surface area contributed by atoms with E-state index in [9.17, 15) is 0 Å². The molecule has 1 aliphatic carbocycles. The van der Waals surface area contributed by atoms with Crippen molar-refractivity contribution in [2.75, 3.05) is 6.61 Å². The Morgan fingerprint density at radius 3 is 3.07 bits per heavy atom. The standard InChI is InChI=1S/C11H17NOS/c1-8(6-13-12)10-7-14-11-5-3-2-4-9(10)11/h7-8H,2-6,12H2,1H3. The normalized spacial score (nSPS) is 17.9. The van der Waals surface area contributed by atoms with E-state index in [0.717, 1.165) is 0 Å². The molecule has 2 rings (SSSR count). The van der Waals surface area contributed by atoms with Gasteiger partial charge in [0.15, 0.2) is 0 Å². The van der Waals surface area contributed by atoms with Crippen LogP contribution in [0.5, 0.6) is 0 Å². The minimum Gasteiger partial charge on any atom is -0.304 e. The van der Waals surface area contributed by atoms with Crippen LogP contribution in [-0.4, -0.2) is 6.61 Å². The minimum atomic E-state index is 0.443. The van der Waals surface area contributed by atoms with Gasteiger partial charge in [0.05, 0.1) is 6.61 Å². The lowest BCUT2D eigenvalue weighted by molar-refractivity contribution is 0.126. The molecule has 0 saturated carbocycles. The quantitative estimate of drug-likeness (QED) is 0.780. The first-order valence-corrected chi connectivity index (χ1v) is 6.11. The third kappa shape index (κ3) is 1.85. The van der Waals surface area contributed by atoms with Gasteiger partial charge in [-0.15, -0.1) is 11.3 Å². The average Bonchev–Trinajstić information content (AvgIpc) is 2.61. The van der Waals surface area contributed by atoms with Crippen molar-refractivity contribution in [2.45, 2.75) is 38.5 Å². The molecule has 3 heteroatoms. The van der Waals surface area contributed by atoms with Gasteiger partial charge in [0.2, 0.25) is 0 Å². The van der Waals surface area contributed by atoms with Crippen molar-refractivity contribution in [1.29, 1.82) is 0 Å². The Morgan fingerprint density at radius 1 is 1.50 bits per heavy atom. The SMILES string of the molecule is CC(CON)c1csc2c1CCCC2. The highest BCUT2D eigenvalue weighted by atomic mass is 32.1. The van der Waals surface area contributed by atoms with Gasteiger partial charge in [-0.2, -0.15) is 0 Å². The van der Waals surface area contributed by atoms with E-state index >= 15 is 0 Å². The molecule has 0 aromatic carbocycles. The summed E-state index contributed by atoms with van der Waals surface area (Å²) in [6, 6.07) is 0. The van der Waals surface area contributed by atoms with Gasteiger partial charge in [0.1, 0.15) is 0 Å². The van der Waals surface area contributed by atoms with Gasteiger partial charge in [-0.25, -0.2) is 5.90 Å². The molecule has 2 nitrogen and oxygen atoms in total. The van der Waals surface area contributed by atoms with E-state index in [2.05, 4.69) is 12.3 Å². The lowest BCUT2D eigenvalue weighted by atomic mass is 9.91. The Morgan fingerprint density at radius 2 is 2.29 bits per heavy atom. The molecular formula is C11H17NOS. The van der Waals surface area contributed by atoms with Crippen molar-refractivity contribution >= 4 is 11.3 Å². The highest BCUT2D eigenvalue weighted by Gasteiger charge is 2.18. The second-order valence-electron chi connectivity index (χ2n) is 4.03. The molecule has 0 fully saturated rings. The summed E-state index contributed by atoms with van der Waals surface area (Å²) in [7, 11) is 0. The number of rotatable bonds is 3. The van der Waals surface area contributed by atoms with Crippen LogP contribution in [0.25, 0.3) is 0 Å². The monoisotopic (exact) mass is 211 g/mol. The Bertz CT molecular complexity index is 308. The van der Waals surface area contributed by atoms with Gasteiger partial charge in [-0.1, -0.05) is 6.92 Å². The number of thiophene rings is 1. The van der Waals surface area contributed by atoms with E-state index in [4.69, 9.17) is 10.7 Å². The lowest BCUT2D eigenvalue weighted by Gasteiger charge is -2.16. The third-order valence-electron chi connectivity index (χ3n) is 2.97. The zero-order valence-electron chi connectivity index (χ0n) is 8.58. The molecule has 2 N–H and O–H groups in total. The molecule has 1 heterocycles. The van der Waals surface area contributed by atoms with Crippen molar-refractivity contribution < 1.29 is 4.84 Å². The largest absolute Gasteiger partial charge is 0.304 e. The Balaban J connectivity index is 2.21. The highest BCUT2D eigenvalue weighted by Crippen LogP contribution is 2.34. The smallest absolute Gasteiger partial charge is 0.0745 e. The van der Waals surface area contributed by atoms with Crippen LogP contribution in [0.2, 0.25) is 0 Å². The van der Waals surface area contributed by atoms with Gasteiger partial charge in [-0.3, -0.25) is 0 Å². The molecule has 1 aromatic rings. The van der Waals surface area contributed by atoms with E-state index in [1.165, 1.54) is 31.2 Å². The van der Waals surface area contributed by atoms with Crippen LogP contribution >= 0.6 is 11.3 Å². The molecule has 0 spiro atoms. The van der Waals surface area contributed by atoms with Gasteiger partial charge in [-0.05, 0) is 42.2 Å². The molecule has 1 aromatic heterocycles. The van der Waals surface area contributed by atoms with Gasteiger partial charge >= 0.3 is 0 Å². The van der Waals surface area contributed by atoms with Crippen LogP contribution in [0, 0.1) is 0 Å². The van der Waals surface area contributed by atoms with Crippen molar-refractivity contribution in [3.05, 3.63) is 21.4 Å². The summed E-state index contributed by atoms with van der Waals surface area (Å²) in [4.78, 5) is 6.32. The second-order valence-corrected chi connectivity index (χ2v) is 5.00. The predicted octanol–water partition coefficient (Wildman–Crippen LogP) is 2.62. The molecule has 0 radical (unpaired) electrons.